The first-order valence-corrected chi connectivity index (χ1v) is 6.49. The van der Waals surface area contributed by atoms with Crippen molar-refractivity contribution in [3.8, 4) is 0 Å². The number of nitrogens with zero attached hydrogens (tertiary/aromatic N) is 1. The Bertz CT molecular complexity index is 290. The average Bonchev–Trinajstić information content (AvgIpc) is 2.36. The first kappa shape index (κ1) is 14.0. The lowest BCUT2D eigenvalue weighted by molar-refractivity contribution is -0.147. The van der Waals surface area contributed by atoms with E-state index in [1.54, 1.807) is 4.90 Å². The molecule has 4 heteroatoms. The molecule has 1 aliphatic rings. The Morgan fingerprint density at radius 3 is 2.59 bits per heavy atom. The fraction of sp³-hybridized carbons (Fsp3) is 0.846. The maximum Gasteiger partial charge on any atom is 0.308 e. The quantitative estimate of drug-likeness (QED) is 0.819. The predicted octanol–water partition coefficient (Wildman–Crippen LogP) is 1.99. The molecule has 0 spiro atoms. The van der Waals surface area contributed by atoms with Crippen molar-refractivity contribution in [1.82, 2.24) is 4.90 Å². The third-order valence-corrected chi connectivity index (χ3v) is 3.97. The first-order chi connectivity index (χ1) is 7.97. The van der Waals surface area contributed by atoms with E-state index in [4.69, 9.17) is 5.11 Å². The number of hydrogen-bond donors (Lipinski definition) is 1. The van der Waals surface area contributed by atoms with Crippen molar-refractivity contribution in [1.29, 1.82) is 0 Å². The second kappa shape index (κ2) is 6.03. The molecule has 0 aromatic carbocycles. The van der Waals surface area contributed by atoms with Crippen molar-refractivity contribution in [2.24, 2.45) is 17.8 Å². The molecule has 1 fully saturated rings. The standard InChI is InChI=1S/C13H23NO3/c1-4-9(2)10(3)12(15)14-7-5-6-11(8-14)13(16)17/h9-11H,4-8H2,1-3H3,(H,16,17)/t9?,10?,11-/m0/s1. The maximum atomic E-state index is 12.2. The van der Waals surface area contributed by atoms with Gasteiger partial charge in [0, 0.05) is 19.0 Å². The SMILES string of the molecule is CCC(C)C(C)C(=O)N1CCC[C@H](C(=O)O)C1. The van der Waals surface area contributed by atoms with Gasteiger partial charge in [0.05, 0.1) is 5.92 Å². The molecule has 1 rings (SSSR count). The van der Waals surface area contributed by atoms with Crippen LogP contribution in [0, 0.1) is 17.8 Å². The van der Waals surface area contributed by atoms with Crippen LogP contribution in [0.2, 0.25) is 0 Å². The lowest BCUT2D eigenvalue weighted by Gasteiger charge is -2.33. The Balaban J connectivity index is 2.60. The molecule has 0 saturated carbocycles. The summed E-state index contributed by atoms with van der Waals surface area (Å²) < 4.78 is 0. The van der Waals surface area contributed by atoms with Crippen LogP contribution >= 0.6 is 0 Å². The molecule has 2 unspecified atom stereocenters. The summed E-state index contributed by atoms with van der Waals surface area (Å²) in [6.45, 7) is 7.19. The molecule has 1 saturated heterocycles. The molecule has 3 atom stereocenters. The number of rotatable bonds is 4. The van der Waals surface area contributed by atoms with Crippen molar-refractivity contribution >= 4 is 11.9 Å². The van der Waals surface area contributed by atoms with Crippen LogP contribution in [0.5, 0.6) is 0 Å². The highest BCUT2D eigenvalue weighted by Gasteiger charge is 2.31. The van der Waals surface area contributed by atoms with Gasteiger partial charge in [0.25, 0.3) is 0 Å². The normalized spacial score (nSPS) is 24.2. The number of carbonyl (C=O) groups is 2. The van der Waals surface area contributed by atoms with E-state index in [1.165, 1.54) is 0 Å². The zero-order valence-electron chi connectivity index (χ0n) is 11.0. The summed E-state index contributed by atoms with van der Waals surface area (Å²) >= 11 is 0. The van der Waals surface area contributed by atoms with E-state index in [0.29, 0.717) is 25.4 Å². The number of piperidine rings is 1. The lowest BCUT2D eigenvalue weighted by atomic mass is 9.90. The largest absolute Gasteiger partial charge is 0.481 e. The van der Waals surface area contributed by atoms with E-state index < -0.39 is 5.97 Å². The molecule has 1 aliphatic heterocycles. The van der Waals surface area contributed by atoms with E-state index >= 15 is 0 Å². The highest BCUT2D eigenvalue weighted by molar-refractivity contribution is 5.80. The number of carboxylic acid groups (broad SMARTS) is 1. The number of hydrogen-bond acceptors (Lipinski definition) is 2. The van der Waals surface area contributed by atoms with Crippen LogP contribution in [0.4, 0.5) is 0 Å². The van der Waals surface area contributed by atoms with Crippen molar-refractivity contribution in [2.75, 3.05) is 13.1 Å². The van der Waals surface area contributed by atoms with Crippen LogP contribution in [0.25, 0.3) is 0 Å². The molecule has 4 nitrogen and oxygen atoms in total. The van der Waals surface area contributed by atoms with E-state index in [0.717, 1.165) is 12.8 Å². The van der Waals surface area contributed by atoms with Crippen LogP contribution < -0.4 is 0 Å². The smallest absolute Gasteiger partial charge is 0.308 e. The van der Waals surface area contributed by atoms with Crippen LogP contribution in [-0.2, 0) is 9.59 Å². The van der Waals surface area contributed by atoms with E-state index in [-0.39, 0.29) is 17.7 Å². The molecule has 0 aromatic rings. The minimum absolute atomic E-state index is 0.00690. The highest BCUT2D eigenvalue weighted by atomic mass is 16.4. The van der Waals surface area contributed by atoms with Gasteiger partial charge >= 0.3 is 5.97 Å². The number of aliphatic carboxylic acids is 1. The van der Waals surface area contributed by atoms with Crippen LogP contribution in [0.1, 0.15) is 40.0 Å². The molecule has 1 N–H and O–H groups in total. The number of carbonyl (C=O) groups excluding carboxylic acids is 1. The minimum atomic E-state index is -0.779. The molecule has 0 aliphatic carbocycles. The molecule has 98 valence electrons. The second-order valence-electron chi connectivity index (χ2n) is 5.14. The predicted molar refractivity (Wildman–Crippen MR) is 65.6 cm³/mol. The van der Waals surface area contributed by atoms with Gasteiger partial charge in [-0.3, -0.25) is 9.59 Å². The summed E-state index contributed by atoms with van der Waals surface area (Å²) in [5, 5.41) is 8.99. The van der Waals surface area contributed by atoms with Crippen LogP contribution in [0.3, 0.4) is 0 Å². The van der Waals surface area contributed by atoms with Crippen molar-refractivity contribution in [2.45, 2.75) is 40.0 Å². The third-order valence-electron chi connectivity index (χ3n) is 3.97. The molecule has 17 heavy (non-hydrogen) atoms. The summed E-state index contributed by atoms with van der Waals surface area (Å²) in [5.74, 6) is -0.693. The zero-order valence-corrected chi connectivity index (χ0v) is 11.0. The molecule has 0 radical (unpaired) electrons. The summed E-state index contributed by atoms with van der Waals surface area (Å²) in [6.07, 6.45) is 2.47. The van der Waals surface area contributed by atoms with Crippen molar-refractivity contribution < 1.29 is 14.7 Å². The maximum absolute atomic E-state index is 12.2. The second-order valence-corrected chi connectivity index (χ2v) is 5.14. The molecule has 1 heterocycles. The number of likely N-dealkylation sites (tertiary alicyclic amines) is 1. The fourth-order valence-corrected chi connectivity index (χ4v) is 2.26. The van der Waals surface area contributed by atoms with E-state index in [9.17, 15) is 9.59 Å². The lowest BCUT2D eigenvalue weighted by Crippen LogP contribution is -2.45. The summed E-state index contributed by atoms with van der Waals surface area (Å²) in [6, 6.07) is 0. The number of amides is 1. The van der Waals surface area contributed by atoms with Crippen LogP contribution in [0.15, 0.2) is 0 Å². The van der Waals surface area contributed by atoms with Gasteiger partial charge in [-0.2, -0.15) is 0 Å². The van der Waals surface area contributed by atoms with Crippen molar-refractivity contribution in [3.63, 3.8) is 0 Å². The van der Waals surface area contributed by atoms with Gasteiger partial charge in [0.2, 0.25) is 5.91 Å². The zero-order chi connectivity index (χ0) is 13.0. The average molecular weight is 241 g/mol. The van der Waals surface area contributed by atoms with Gasteiger partial charge in [-0.1, -0.05) is 27.2 Å². The van der Waals surface area contributed by atoms with Gasteiger partial charge in [0.1, 0.15) is 0 Å². The molecule has 0 aromatic heterocycles. The summed E-state index contributed by atoms with van der Waals surface area (Å²) in [7, 11) is 0. The monoisotopic (exact) mass is 241 g/mol. The molecular weight excluding hydrogens is 218 g/mol. The topological polar surface area (TPSA) is 57.6 Å². The Labute approximate surface area is 103 Å². The Kier molecular flexibility index (Phi) is 4.97. The molecule has 1 amide bonds. The van der Waals surface area contributed by atoms with Gasteiger partial charge in [0.15, 0.2) is 0 Å². The first-order valence-electron chi connectivity index (χ1n) is 6.49. The molecule has 0 bridgehead atoms. The van der Waals surface area contributed by atoms with E-state index in [1.807, 2.05) is 6.92 Å². The Hall–Kier alpha value is -1.06. The third kappa shape index (κ3) is 3.45. The van der Waals surface area contributed by atoms with Crippen molar-refractivity contribution in [3.05, 3.63) is 0 Å². The number of carboxylic acids is 1. The van der Waals surface area contributed by atoms with E-state index in [2.05, 4.69) is 13.8 Å². The summed E-state index contributed by atoms with van der Waals surface area (Å²) in [4.78, 5) is 24.9. The van der Waals surface area contributed by atoms with Crippen LogP contribution in [-0.4, -0.2) is 35.0 Å². The Morgan fingerprint density at radius 1 is 1.41 bits per heavy atom. The Morgan fingerprint density at radius 2 is 2.06 bits per heavy atom. The van der Waals surface area contributed by atoms with Gasteiger partial charge < -0.3 is 10.0 Å². The molecular formula is C13H23NO3. The van der Waals surface area contributed by atoms with Gasteiger partial charge in [-0.05, 0) is 18.8 Å². The highest BCUT2D eigenvalue weighted by Crippen LogP contribution is 2.22. The van der Waals surface area contributed by atoms with Gasteiger partial charge in [-0.25, -0.2) is 0 Å². The van der Waals surface area contributed by atoms with Gasteiger partial charge in [-0.15, -0.1) is 0 Å². The fourth-order valence-electron chi connectivity index (χ4n) is 2.26. The summed E-state index contributed by atoms with van der Waals surface area (Å²) in [5.41, 5.74) is 0. The minimum Gasteiger partial charge on any atom is -0.481 e.